The fourth-order valence-corrected chi connectivity index (χ4v) is 4.41. The average molecular weight is 412 g/mol. The van der Waals surface area contributed by atoms with Gasteiger partial charge >= 0.3 is 5.97 Å². The maximum absolute atomic E-state index is 13.3. The third-order valence-electron chi connectivity index (χ3n) is 5.72. The highest BCUT2D eigenvalue weighted by molar-refractivity contribution is 6.04. The minimum Gasteiger partial charge on any atom is -0.494 e. The second-order valence-electron chi connectivity index (χ2n) is 8.89. The van der Waals surface area contributed by atoms with Crippen LogP contribution in [0.1, 0.15) is 71.8 Å². The number of allylic oxidation sites excluding steroid dienone is 3. The van der Waals surface area contributed by atoms with Crippen molar-refractivity contribution in [1.29, 1.82) is 0 Å². The summed E-state index contributed by atoms with van der Waals surface area (Å²) in [5.74, 6) is -0.0740. The first kappa shape index (κ1) is 22.1. The summed E-state index contributed by atoms with van der Waals surface area (Å²) in [6.07, 6.45) is 2.98. The Hall–Kier alpha value is -2.56. The van der Waals surface area contributed by atoms with E-state index in [0.717, 1.165) is 36.2 Å². The lowest BCUT2D eigenvalue weighted by Gasteiger charge is -2.39. The zero-order chi connectivity index (χ0) is 21.9. The quantitative estimate of drug-likeness (QED) is 0.503. The third-order valence-corrected chi connectivity index (χ3v) is 5.72. The van der Waals surface area contributed by atoms with Crippen molar-refractivity contribution in [1.82, 2.24) is 5.32 Å². The van der Waals surface area contributed by atoms with Gasteiger partial charge in [0.1, 0.15) is 5.75 Å². The summed E-state index contributed by atoms with van der Waals surface area (Å²) in [7, 11) is 0. The monoisotopic (exact) mass is 411 g/mol. The summed E-state index contributed by atoms with van der Waals surface area (Å²) >= 11 is 0. The molecule has 5 nitrogen and oxygen atoms in total. The Morgan fingerprint density at radius 1 is 1.20 bits per heavy atom. The number of carbonyl (C=O) groups is 2. The summed E-state index contributed by atoms with van der Waals surface area (Å²) in [5.41, 5.74) is 3.56. The lowest BCUT2D eigenvalue weighted by Crippen LogP contribution is -2.38. The highest BCUT2D eigenvalue weighted by Gasteiger charge is 2.43. The van der Waals surface area contributed by atoms with E-state index >= 15 is 0 Å². The summed E-state index contributed by atoms with van der Waals surface area (Å²) in [6.45, 7) is 11.0. The Bertz CT molecular complexity index is 894. The van der Waals surface area contributed by atoms with Gasteiger partial charge in [0.2, 0.25) is 0 Å². The lowest BCUT2D eigenvalue weighted by molar-refractivity contribution is -0.139. The summed E-state index contributed by atoms with van der Waals surface area (Å²) < 4.78 is 11.5. The van der Waals surface area contributed by atoms with E-state index in [2.05, 4.69) is 26.1 Å². The van der Waals surface area contributed by atoms with Gasteiger partial charge in [-0.25, -0.2) is 4.79 Å². The molecule has 0 bridgehead atoms. The van der Waals surface area contributed by atoms with Crippen LogP contribution in [0.15, 0.2) is 46.8 Å². The number of hydrogen-bond donors (Lipinski definition) is 1. The Morgan fingerprint density at radius 2 is 1.93 bits per heavy atom. The molecule has 162 valence electrons. The Kier molecular flexibility index (Phi) is 6.69. The molecule has 3 rings (SSSR count). The number of carbonyl (C=O) groups excluding carboxylic acids is 2. The number of esters is 1. The molecule has 0 unspecified atom stereocenters. The van der Waals surface area contributed by atoms with Crippen molar-refractivity contribution in [2.24, 2.45) is 5.41 Å². The number of ether oxygens (including phenoxy) is 2. The number of rotatable bonds is 7. The van der Waals surface area contributed by atoms with Crippen molar-refractivity contribution in [3.05, 3.63) is 52.4 Å². The second kappa shape index (κ2) is 9.07. The molecule has 0 fully saturated rings. The average Bonchev–Trinajstić information content (AvgIpc) is 2.66. The smallest absolute Gasteiger partial charge is 0.336 e. The Balaban J connectivity index is 2.13. The van der Waals surface area contributed by atoms with Crippen molar-refractivity contribution in [2.45, 2.75) is 66.2 Å². The normalized spacial score (nSPS) is 20.6. The first-order valence-corrected chi connectivity index (χ1v) is 10.9. The molecule has 0 saturated heterocycles. The van der Waals surface area contributed by atoms with E-state index in [0.29, 0.717) is 36.5 Å². The van der Waals surface area contributed by atoms with Gasteiger partial charge in [-0.1, -0.05) is 45.4 Å². The van der Waals surface area contributed by atoms with Gasteiger partial charge < -0.3 is 14.8 Å². The molecular weight excluding hydrogens is 378 g/mol. The molecule has 1 aromatic rings. The molecule has 1 heterocycles. The van der Waals surface area contributed by atoms with Crippen LogP contribution in [0.4, 0.5) is 0 Å². The first-order chi connectivity index (χ1) is 14.3. The largest absolute Gasteiger partial charge is 0.494 e. The fourth-order valence-electron chi connectivity index (χ4n) is 4.41. The number of nitrogens with one attached hydrogen (secondary N) is 1. The molecule has 0 spiro atoms. The molecule has 0 radical (unpaired) electrons. The molecule has 1 aromatic carbocycles. The molecule has 1 atom stereocenters. The van der Waals surface area contributed by atoms with Crippen LogP contribution in [0.25, 0.3) is 0 Å². The first-order valence-electron chi connectivity index (χ1n) is 10.9. The molecule has 0 saturated carbocycles. The molecule has 30 heavy (non-hydrogen) atoms. The van der Waals surface area contributed by atoms with Crippen LogP contribution in [0.2, 0.25) is 0 Å². The number of para-hydroxylation sites is 1. The van der Waals surface area contributed by atoms with Crippen LogP contribution < -0.4 is 10.1 Å². The van der Waals surface area contributed by atoms with E-state index in [4.69, 9.17) is 9.47 Å². The van der Waals surface area contributed by atoms with E-state index in [1.165, 1.54) is 0 Å². The highest BCUT2D eigenvalue weighted by atomic mass is 16.5. The molecule has 5 heteroatoms. The predicted octanol–water partition coefficient (Wildman–Crippen LogP) is 5.03. The van der Waals surface area contributed by atoms with Gasteiger partial charge in [-0.05, 0) is 38.2 Å². The van der Waals surface area contributed by atoms with Gasteiger partial charge in [0.15, 0.2) is 5.78 Å². The number of Topliss-reactive ketones (excluding diaryl/α,β-unsaturated/α-hetero) is 1. The van der Waals surface area contributed by atoms with E-state index < -0.39 is 5.92 Å². The molecule has 2 aliphatic rings. The maximum atomic E-state index is 13.3. The van der Waals surface area contributed by atoms with Crippen LogP contribution in [0.3, 0.4) is 0 Å². The van der Waals surface area contributed by atoms with Crippen LogP contribution in [0.5, 0.6) is 5.75 Å². The van der Waals surface area contributed by atoms with Crippen molar-refractivity contribution in [3.63, 3.8) is 0 Å². The van der Waals surface area contributed by atoms with E-state index in [1.54, 1.807) is 0 Å². The zero-order valence-corrected chi connectivity index (χ0v) is 18.8. The van der Waals surface area contributed by atoms with Gasteiger partial charge in [0.25, 0.3) is 0 Å². The van der Waals surface area contributed by atoms with Crippen molar-refractivity contribution < 1.29 is 19.1 Å². The molecule has 1 aliphatic heterocycles. The number of dihydropyridines is 1. The van der Waals surface area contributed by atoms with Gasteiger partial charge in [-0.3, -0.25) is 4.79 Å². The SMILES string of the molecule is CCCCOC(=O)C1=C(C)NC2=C(C(=O)CC(C)(C)C2)[C@@H]1c1ccccc1OCC. The molecule has 1 N–H and O–H groups in total. The summed E-state index contributed by atoms with van der Waals surface area (Å²) in [4.78, 5) is 26.5. The van der Waals surface area contributed by atoms with Gasteiger partial charge in [0.05, 0.1) is 24.7 Å². The Morgan fingerprint density at radius 3 is 2.63 bits per heavy atom. The van der Waals surface area contributed by atoms with E-state index in [-0.39, 0.29) is 17.2 Å². The van der Waals surface area contributed by atoms with Crippen molar-refractivity contribution in [2.75, 3.05) is 13.2 Å². The minimum atomic E-state index is -0.485. The van der Waals surface area contributed by atoms with Crippen molar-refractivity contribution in [3.8, 4) is 5.75 Å². The van der Waals surface area contributed by atoms with Gasteiger partial charge in [-0.2, -0.15) is 0 Å². The van der Waals surface area contributed by atoms with Crippen LogP contribution in [0, 0.1) is 5.41 Å². The topological polar surface area (TPSA) is 64.6 Å². The van der Waals surface area contributed by atoms with Crippen molar-refractivity contribution >= 4 is 11.8 Å². The van der Waals surface area contributed by atoms with Gasteiger partial charge in [0, 0.05) is 29.0 Å². The predicted molar refractivity (Wildman–Crippen MR) is 117 cm³/mol. The molecule has 0 amide bonds. The number of benzene rings is 1. The van der Waals surface area contributed by atoms with Crippen LogP contribution in [-0.4, -0.2) is 25.0 Å². The van der Waals surface area contributed by atoms with Crippen LogP contribution in [-0.2, 0) is 14.3 Å². The number of unbranched alkanes of at least 4 members (excludes halogenated alkanes) is 1. The zero-order valence-electron chi connectivity index (χ0n) is 18.8. The second-order valence-corrected chi connectivity index (χ2v) is 8.89. The summed E-state index contributed by atoms with van der Waals surface area (Å²) in [6, 6.07) is 7.68. The fraction of sp³-hybridized carbons (Fsp3) is 0.520. The number of hydrogen-bond acceptors (Lipinski definition) is 5. The molecule has 1 aliphatic carbocycles. The minimum absolute atomic E-state index is 0.0800. The van der Waals surface area contributed by atoms with Gasteiger partial charge in [-0.15, -0.1) is 0 Å². The molecular formula is C25H33NO4. The third kappa shape index (κ3) is 4.45. The Labute approximate surface area is 179 Å². The standard InChI is InChI=1S/C25H33NO4/c1-6-8-13-30-24(28)21-16(3)26-18-14-25(4,5)15-19(27)23(18)22(21)17-11-9-10-12-20(17)29-7-2/h9-12,22,26H,6-8,13-15H2,1-5H3/t22-/m1/s1. The van der Waals surface area contributed by atoms with E-state index in [9.17, 15) is 9.59 Å². The summed E-state index contributed by atoms with van der Waals surface area (Å²) in [5, 5.41) is 3.37. The molecule has 0 aromatic heterocycles. The maximum Gasteiger partial charge on any atom is 0.336 e. The van der Waals surface area contributed by atoms with Crippen LogP contribution >= 0.6 is 0 Å². The highest BCUT2D eigenvalue weighted by Crippen LogP contribution is 2.48. The van der Waals surface area contributed by atoms with E-state index in [1.807, 2.05) is 38.1 Å². The lowest BCUT2D eigenvalue weighted by atomic mass is 9.68. The number of ketones is 1.